The Morgan fingerprint density at radius 2 is 1.76 bits per heavy atom. The molecule has 4 rings (SSSR count). The van der Waals surface area contributed by atoms with Gasteiger partial charge in [-0.2, -0.15) is 0 Å². The Labute approximate surface area is 194 Å². The molecule has 1 saturated heterocycles. The second-order valence-corrected chi connectivity index (χ2v) is 8.94. The molecule has 6 nitrogen and oxygen atoms in total. The largest absolute Gasteiger partial charge is 0.493 e. The lowest BCUT2D eigenvalue weighted by atomic mass is 10.0. The van der Waals surface area contributed by atoms with Crippen LogP contribution in [0.15, 0.2) is 45.6 Å². The molecule has 6 heteroatoms. The maximum Gasteiger partial charge on any atom is 0.336 e. The first-order valence-electron chi connectivity index (χ1n) is 11.6. The normalized spacial score (nSPS) is 14.6. The van der Waals surface area contributed by atoms with Crippen LogP contribution < -0.4 is 15.3 Å². The van der Waals surface area contributed by atoms with Gasteiger partial charge in [0.2, 0.25) is 0 Å². The first kappa shape index (κ1) is 23.1. The van der Waals surface area contributed by atoms with Gasteiger partial charge in [0.1, 0.15) is 11.3 Å². The van der Waals surface area contributed by atoms with Gasteiger partial charge >= 0.3 is 5.63 Å². The average molecular weight is 449 g/mol. The van der Waals surface area contributed by atoms with Crippen molar-refractivity contribution in [2.45, 2.75) is 34.1 Å². The Kier molecular flexibility index (Phi) is 6.84. The number of ether oxygens (including phenoxy) is 1. The molecule has 3 aromatic rings. The fourth-order valence-electron chi connectivity index (χ4n) is 4.56. The maximum absolute atomic E-state index is 12.3. The van der Waals surface area contributed by atoms with E-state index in [1.54, 1.807) is 6.07 Å². The zero-order chi connectivity index (χ0) is 23.5. The number of carbonyl (C=O) groups is 1. The number of carbonyl (C=O) groups excluding carboxylic acids is 1. The number of anilines is 1. The van der Waals surface area contributed by atoms with Gasteiger partial charge < -0.3 is 14.1 Å². The van der Waals surface area contributed by atoms with Gasteiger partial charge in [-0.25, -0.2) is 4.79 Å². The Balaban J connectivity index is 1.33. The van der Waals surface area contributed by atoms with Crippen molar-refractivity contribution in [3.63, 3.8) is 0 Å². The number of hydrogen-bond donors (Lipinski definition) is 0. The Morgan fingerprint density at radius 1 is 1.00 bits per heavy atom. The highest BCUT2D eigenvalue weighted by molar-refractivity contribution is 6.07. The molecule has 0 saturated carbocycles. The fourth-order valence-corrected chi connectivity index (χ4v) is 4.56. The summed E-state index contributed by atoms with van der Waals surface area (Å²) in [5.41, 5.74) is 4.94. The minimum Gasteiger partial charge on any atom is -0.493 e. The lowest BCUT2D eigenvalue weighted by Gasteiger charge is -2.37. The Hall–Kier alpha value is -3.12. The van der Waals surface area contributed by atoms with E-state index in [4.69, 9.17) is 9.15 Å². The molecule has 33 heavy (non-hydrogen) atoms. The van der Waals surface area contributed by atoms with E-state index in [2.05, 4.69) is 41.8 Å². The van der Waals surface area contributed by atoms with Gasteiger partial charge in [-0.3, -0.25) is 9.69 Å². The lowest BCUT2D eigenvalue weighted by molar-refractivity contribution is 0.101. The second kappa shape index (κ2) is 9.79. The third-order valence-electron chi connectivity index (χ3n) is 6.39. The summed E-state index contributed by atoms with van der Waals surface area (Å²) in [4.78, 5) is 29.1. The minimum absolute atomic E-state index is 0.174. The number of benzene rings is 2. The Bertz CT molecular complexity index is 1220. The molecule has 1 fully saturated rings. The molecule has 0 aliphatic carbocycles. The van der Waals surface area contributed by atoms with Gasteiger partial charge in [0.05, 0.1) is 6.61 Å². The van der Waals surface area contributed by atoms with Crippen LogP contribution in [0.1, 0.15) is 40.4 Å². The molecule has 0 atom stereocenters. The van der Waals surface area contributed by atoms with Crippen LogP contribution in [0.25, 0.3) is 11.0 Å². The number of aryl methyl sites for hydroxylation is 3. The predicted octanol–water partition coefficient (Wildman–Crippen LogP) is 4.51. The van der Waals surface area contributed by atoms with Crippen LogP contribution in [0.2, 0.25) is 0 Å². The first-order chi connectivity index (χ1) is 15.8. The molecular weight excluding hydrogens is 416 g/mol. The number of Topliss-reactive ketones (excluding diaryl/α,β-unsaturated/α-hetero) is 1. The van der Waals surface area contributed by atoms with Crippen LogP contribution in [-0.2, 0) is 0 Å². The summed E-state index contributed by atoms with van der Waals surface area (Å²) in [5, 5.41) is 0.758. The monoisotopic (exact) mass is 448 g/mol. The first-order valence-corrected chi connectivity index (χ1v) is 11.6. The van der Waals surface area contributed by atoms with E-state index >= 15 is 0 Å². The highest BCUT2D eigenvalue weighted by Crippen LogP contribution is 2.29. The van der Waals surface area contributed by atoms with Crippen molar-refractivity contribution in [2.24, 2.45) is 0 Å². The number of rotatable bonds is 7. The van der Waals surface area contributed by atoms with E-state index in [1.165, 1.54) is 29.8 Å². The van der Waals surface area contributed by atoms with E-state index in [-0.39, 0.29) is 5.78 Å². The minimum atomic E-state index is -0.459. The van der Waals surface area contributed by atoms with Gasteiger partial charge in [-0.15, -0.1) is 0 Å². The summed E-state index contributed by atoms with van der Waals surface area (Å²) < 4.78 is 11.3. The number of ketones is 1. The van der Waals surface area contributed by atoms with Crippen LogP contribution >= 0.6 is 0 Å². The van der Waals surface area contributed by atoms with Crippen molar-refractivity contribution in [3.05, 3.63) is 69.1 Å². The summed E-state index contributed by atoms with van der Waals surface area (Å²) >= 11 is 0. The van der Waals surface area contributed by atoms with Gasteiger partial charge in [0.25, 0.3) is 0 Å². The molecule has 0 spiro atoms. The third-order valence-corrected chi connectivity index (χ3v) is 6.39. The van der Waals surface area contributed by atoms with Gasteiger partial charge in [0.15, 0.2) is 11.4 Å². The molecule has 0 bridgehead atoms. The van der Waals surface area contributed by atoms with E-state index in [0.29, 0.717) is 23.5 Å². The molecule has 0 radical (unpaired) electrons. The summed E-state index contributed by atoms with van der Waals surface area (Å²) in [7, 11) is 0. The molecule has 1 aliphatic rings. The van der Waals surface area contributed by atoms with Crippen molar-refractivity contribution in [3.8, 4) is 5.75 Å². The standard InChI is InChI=1S/C27H32N2O4/c1-18-6-7-19(2)23(16-18)29-13-11-28(12-14-29)10-5-15-32-24-9-8-22-20(3)17-25(31)33-27(22)26(24)21(4)30/h6-9,16-17H,5,10-15H2,1-4H3. The van der Waals surface area contributed by atoms with Crippen molar-refractivity contribution >= 4 is 22.4 Å². The van der Waals surface area contributed by atoms with Crippen LogP contribution in [0.4, 0.5) is 5.69 Å². The third kappa shape index (κ3) is 5.11. The Morgan fingerprint density at radius 3 is 2.48 bits per heavy atom. The quantitative estimate of drug-likeness (QED) is 0.301. The summed E-state index contributed by atoms with van der Waals surface area (Å²) in [6, 6.07) is 11.7. The van der Waals surface area contributed by atoms with Gasteiger partial charge in [-0.05, 0) is 69.0 Å². The molecule has 0 amide bonds. The van der Waals surface area contributed by atoms with Crippen molar-refractivity contribution < 1.29 is 13.9 Å². The van der Waals surface area contributed by atoms with Gasteiger partial charge in [-0.1, -0.05) is 12.1 Å². The summed E-state index contributed by atoms with van der Waals surface area (Å²) in [6.45, 7) is 13.1. The molecule has 0 N–H and O–H groups in total. The zero-order valence-electron chi connectivity index (χ0n) is 19.9. The number of hydrogen-bond acceptors (Lipinski definition) is 6. The molecule has 1 aliphatic heterocycles. The van der Waals surface area contributed by atoms with Gasteiger partial charge in [0, 0.05) is 49.9 Å². The molecular formula is C27H32N2O4. The number of piperazine rings is 1. The van der Waals surface area contributed by atoms with E-state index in [0.717, 1.165) is 50.1 Å². The van der Waals surface area contributed by atoms with Crippen LogP contribution in [0.3, 0.4) is 0 Å². The highest BCUT2D eigenvalue weighted by atomic mass is 16.5. The summed E-state index contributed by atoms with van der Waals surface area (Å²) in [5.74, 6) is 0.301. The van der Waals surface area contributed by atoms with E-state index < -0.39 is 5.63 Å². The molecule has 0 unspecified atom stereocenters. The smallest absolute Gasteiger partial charge is 0.336 e. The lowest BCUT2D eigenvalue weighted by Crippen LogP contribution is -2.47. The zero-order valence-corrected chi connectivity index (χ0v) is 19.9. The summed E-state index contributed by atoms with van der Waals surface area (Å²) in [6.07, 6.45) is 0.858. The fraction of sp³-hybridized carbons (Fsp3) is 0.407. The average Bonchev–Trinajstić information content (AvgIpc) is 2.78. The van der Waals surface area contributed by atoms with E-state index in [9.17, 15) is 9.59 Å². The van der Waals surface area contributed by atoms with Crippen LogP contribution in [-0.4, -0.2) is 50.0 Å². The van der Waals surface area contributed by atoms with E-state index in [1.807, 2.05) is 13.0 Å². The number of nitrogens with zero attached hydrogens (tertiary/aromatic N) is 2. The SMILES string of the molecule is CC(=O)c1c(OCCCN2CCN(c3cc(C)ccc3C)CC2)ccc2c(C)cc(=O)oc12. The van der Waals surface area contributed by atoms with Crippen molar-refractivity contribution in [1.29, 1.82) is 0 Å². The molecule has 174 valence electrons. The second-order valence-electron chi connectivity index (χ2n) is 8.94. The molecule has 2 aromatic carbocycles. The predicted molar refractivity (Wildman–Crippen MR) is 132 cm³/mol. The maximum atomic E-state index is 12.3. The van der Waals surface area contributed by atoms with Crippen LogP contribution in [0, 0.1) is 20.8 Å². The van der Waals surface area contributed by atoms with Crippen molar-refractivity contribution in [1.82, 2.24) is 4.90 Å². The van der Waals surface area contributed by atoms with Crippen LogP contribution in [0.5, 0.6) is 5.75 Å². The topological polar surface area (TPSA) is 63.0 Å². The highest BCUT2D eigenvalue weighted by Gasteiger charge is 2.20. The molecule has 1 aromatic heterocycles. The number of fused-ring (bicyclic) bond motifs is 1. The molecule has 2 heterocycles. The van der Waals surface area contributed by atoms with Crippen molar-refractivity contribution in [2.75, 3.05) is 44.2 Å².